The van der Waals surface area contributed by atoms with Crippen molar-refractivity contribution in [3.63, 3.8) is 0 Å². The van der Waals surface area contributed by atoms with Gasteiger partial charge in [-0.3, -0.25) is 9.59 Å². The van der Waals surface area contributed by atoms with Gasteiger partial charge in [-0.15, -0.1) is 0 Å². The lowest BCUT2D eigenvalue weighted by molar-refractivity contribution is -0.145. The molecule has 0 fully saturated rings. The summed E-state index contributed by atoms with van der Waals surface area (Å²) in [5.74, 6) is -0.403. The monoisotopic (exact) mass is 505 g/mol. The molecule has 0 radical (unpaired) electrons. The van der Waals surface area contributed by atoms with Gasteiger partial charge in [0, 0.05) is 17.8 Å². The van der Waals surface area contributed by atoms with Gasteiger partial charge in [0.25, 0.3) is 0 Å². The van der Waals surface area contributed by atoms with Crippen molar-refractivity contribution in [3.8, 4) is 0 Å². The van der Waals surface area contributed by atoms with Crippen LogP contribution in [-0.2, 0) is 16.1 Å². The van der Waals surface area contributed by atoms with E-state index in [1.807, 2.05) is 47.0 Å². The van der Waals surface area contributed by atoms with E-state index in [1.54, 1.807) is 0 Å². The van der Waals surface area contributed by atoms with Gasteiger partial charge in [-0.1, -0.05) is 107 Å². The maximum absolute atomic E-state index is 12.8. The zero-order chi connectivity index (χ0) is 26.1. The van der Waals surface area contributed by atoms with Gasteiger partial charge in [0.05, 0.1) is 18.2 Å². The summed E-state index contributed by atoms with van der Waals surface area (Å²) in [4.78, 5) is 25.5. The first-order valence-corrected chi connectivity index (χ1v) is 14.8. The molecule has 202 valence electrons. The molecule has 4 nitrogen and oxygen atoms in total. The number of hydrogen-bond donors (Lipinski definition) is 0. The predicted octanol–water partition coefficient (Wildman–Crippen LogP) is 8.79. The maximum atomic E-state index is 12.8. The lowest BCUT2D eigenvalue weighted by atomic mass is 10.1. The van der Waals surface area contributed by atoms with Crippen LogP contribution in [-0.4, -0.2) is 22.9 Å². The van der Waals surface area contributed by atoms with Crippen LogP contribution in [0.4, 0.5) is 0 Å². The number of hydrogen-bond acceptors (Lipinski definition) is 3. The number of carbonyl (C=O) groups is 2. The van der Waals surface area contributed by atoms with Crippen LogP contribution in [0, 0.1) is 0 Å². The summed E-state index contributed by atoms with van der Waals surface area (Å²) in [7, 11) is 0. The van der Waals surface area contributed by atoms with Crippen LogP contribution in [0.2, 0.25) is 0 Å². The quantitative estimate of drug-likeness (QED) is 0.0829. The molecule has 1 aromatic carbocycles. The Hall–Kier alpha value is -2.62. The summed E-state index contributed by atoms with van der Waals surface area (Å²) in [6.45, 7) is 3.45. The van der Waals surface area contributed by atoms with Gasteiger partial charge in [0.1, 0.15) is 0 Å². The molecule has 2 heterocycles. The number of unbranched alkanes of at least 4 members (excludes halogenated alkanes) is 12. The molecule has 1 aromatic heterocycles. The number of rotatable bonds is 19. The number of benzene rings is 1. The maximum Gasteiger partial charge on any atom is 0.315 e. The van der Waals surface area contributed by atoms with E-state index in [4.69, 9.17) is 4.74 Å². The van der Waals surface area contributed by atoms with Crippen molar-refractivity contribution in [1.82, 2.24) is 4.57 Å². The van der Waals surface area contributed by atoms with Crippen molar-refractivity contribution in [2.75, 3.05) is 6.61 Å². The average Bonchev–Trinajstić information content (AvgIpc) is 3.53. The Morgan fingerprint density at radius 1 is 0.811 bits per heavy atom. The van der Waals surface area contributed by atoms with Crippen molar-refractivity contribution in [1.29, 1.82) is 0 Å². The Kier molecular flexibility index (Phi) is 13.3. The van der Waals surface area contributed by atoms with E-state index >= 15 is 0 Å². The van der Waals surface area contributed by atoms with Gasteiger partial charge in [-0.25, -0.2) is 0 Å². The Morgan fingerprint density at radius 2 is 1.43 bits per heavy atom. The topological polar surface area (TPSA) is 48.3 Å². The van der Waals surface area contributed by atoms with Crippen LogP contribution in [0.25, 0.3) is 0 Å². The molecule has 0 saturated heterocycles. The Bertz CT molecular complexity index is 959. The summed E-state index contributed by atoms with van der Waals surface area (Å²) in [5, 5.41) is 0. The number of ether oxygens (including phenoxy) is 1. The third-order valence-corrected chi connectivity index (χ3v) is 7.47. The molecule has 2 aromatic rings. The number of allylic oxidation sites excluding steroid dienone is 2. The van der Waals surface area contributed by atoms with Gasteiger partial charge in [0.15, 0.2) is 0 Å². The number of aromatic nitrogens is 1. The van der Waals surface area contributed by atoms with Crippen LogP contribution in [0.3, 0.4) is 0 Å². The van der Waals surface area contributed by atoms with Gasteiger partial charge in [-0.05, 0) is 50.7 Å². The summed E-state index contributed by atoms with van der Waals surface area (Å²) >= 11 is 0. The van der Waals surface area contributed by atoms with Crippen molar-refractivity contribution in [2.45, 2.75) is 116 Å². The molecule has 1 aliphatic rings. The highest BCUT2D eigenvalue weighted by Gasteiger charge is 2.32. The Morgan fingerprint density at radius 3 is 2.11 bits per heavy atom. The van der Waals surface area contributed by atoms with E-state index < -0.39 is 0 Å². The predicted molar refractivity (Wildman–Crippen MR) is 152 cm³/mol. The highest BCUT2D eigenvalue weighted by molar-refractivity contribution is 6.08. The fraction of sp³-hybridized carbons (Fsp3) is 0.576. The minimum Gasteiger partial charge on any atom is -0.465 e. The molecule has 4 heteroatoms. The molecule has 37 heavy (non-hydrogen) atoms. The van der Waals surface area contributed by atoms with Gasteiger partial charge in [-0.2, -0.15) is 0 Å². The first-order valence-electron chi connectivity index (χ1n) is 14.8. The standard InChI is InChI=1S/C33H47NO3/c1-2-3-4-5-6-7-8-9-10-11-12-13-14-15-16-20-27-37-33(36)29-25-26-34-30(29)23-24-31(34)32(35)28-21-18-17-19-22-28/h9-10,17-19,21-24,29H,2-8,11-16,20,25-27H2,1H3/b10-9+/t29-/m1/s1. The van der Waals surface area contributed by atoms with Crippen molar-refractivity contribution in [3.05, 3.63) is 71.6 Å². The van der Waals surface area contributed by atoms with Crippen LogP contribution < -0.4 is 0 Å². The number of ketones is 1. The number of fused-ring (bicyclic) bond motifs is 1. The van der Waals surface area contributed by atoms with Crippen molar-refractivity contribution < 1.29 is 14.3 Å². The minimum atomic E-state index is -0.258. The molecule has 0 bridgehead atoms. The first kappa shape index (κ1) is 28.9. The zero-order valence-electron chi connectivity index (χ0n) is 23.0. The van der Waals surface area contributed by atoms with E-state index in [1.165, 1.54) is 77.0 Å². The molecule has 0 unspecified atom stereocenters. The van der Waals surface area contributed by atoms with Crippen molar-refractivity contribution in [2.24, 2.45) is 0 Å². The molecule has 0 saturated carbocycles. The van der Waals surface area contributed by atoms with E-state index in [0.29, 0.717) is 30.8 Å². The summed E-state index contributed by atoms with van der Waals surface area (Å²) in [6.07, 6.45) is 23.2. The lowest BCUT2D eigenvalue weighted by Gasteiger charge is -2.10. The number of esters is 1. The molecule has 0 amide bonds. The fourth-order valence-electron chi connectivity index (χ4n) is 5.24. The second kappa shape index (κ2) is 17.0. The summed E-state index contributed by atoms with van der Waals surface area (Å²) < 4.78 is 7.60. The molecule has 3 rings (SSSR count). The molecule has 1 atom stereocenters. The largest absolute Gasteiger partial charge is 0.465 e. The van der Waals surface area contributed by atoms with E-state index in [-0.39, 0.29) is 17.7 Å². The second-order valence-electron chi connectivity index (χ2n) is 10.4. The molecule has 0 aliphatic carbocycles. The third kappa shape index (κ3) is 9.64. The SMILES string of the molecule is CCCCCCCC/C=C/CCCCCCCCOC(=O)[C@@H]1CCn2c(C(=O)c3ccccc3)ccc21. The van der Waals surface area contributed by atoms with Gasteiger partial charge < -0.3 is 9.30 Å². The highest BCUT2D eigenvalue weighted by atomic mass is 16.5. The third-order valence-electron chi connectivity index (χ3n) is 7.47. The molecular formula is C33H47NO3. The Balaban J connectivity index is 1.21. The van der Waals surface area contributed by atoms with E-state index in [9.17, 15) is 9.59 Å². The molecule has 0 spiro atoms. The first-order chi connectivity index (χ1) is 18.2. The molecule has 1 aliphatic heterocycles. The zero-order valence-corrected chi connectivity index (χ0v) is 23.0. The van der Waals surface area contributed by atoms with Gasteiger partial charge >= 0.3 is 5.97 Å². The fourth-order valence-corrected chi connectivity index (χ4v) is 5.24. The highest BCUT2D eigenvalue weighted by Crippen LogP contribution is 2.32. The molecular weight excluding hydrogens is 458 g/mol. The molecule has 0 N–H and O–H groups in total. The van der Waals surface area contributed by atoms with Crippen LogP contribution in [0.1, 0.15) is 131 Å². The number of carbonyl (C=O) groups excluding carboxylic acids is 2. The van der Waals surface area contributed by atoms with Gasteiger partial charge in [0.2, 0.25) is 5.78 Å². The van der Waals surface area contributed by atoms with Crippen molar-refractivity contribution >= 4 is 11.8 Å². The summed E-state index contributed by atoms with van der Waals surface area (Å²) in [5.41, 5.74) is 2.24. The average molecular weight is 506 g/mol. The summed E-state index contributed by atoms with van der Waals surface area (Å²) in [6, 6.07) is 13.1. The lowest BCUT2D eigenvalue weighted by Crippen LogP contribution is -2.14. The van der Waals surface area contributed by atoms with E-state index in [0.717, 1.165) is 18.5 Å². The van der Waals surface area contributed by atoms with E-state index in [2.05, 4.69) is 19.1 Å². The van der Waals surface area contributed by atoms with Crippen LogP contribution in [0.15, 0.2) is 54.6 Å². The second-order valence-corrected chi connectivity index (χ2v) is 10.4. The Labute approximate surface area is 224 Å². The van der Waals surface area contributed by atoms with Crippen LogP contribution >= 0.6 is 0 Å². The minimum absolute atomic E-state index is 0.00468. The normalized spacial score (nSPS) is 14.8. The number of nitrogens with zero attached hydrogens (tertiary/aromatic N) is 1. The van der Waals surface area contributed by atoms with Crippen LogP contribution in [0.5, 0.6) is 0 Å². The smallest absolute Gasteiger partial charge is 0.315 e.